The number of fused-ring (bicyclic) bond motifs is 4. The highest BCUT2D eigenvalue weighted by molar-refractivity contribution is 6.10. The lowest BCUT2D eigenvalue weighted by Crippen LogP contribution is -2.49. The summed E-state index contributed by atoms with van der Waals surface area (Å²) in [6, 6.07) is 9.55. The van der Waals surface area contributed by atoms with Crippen LogP contribution >= 0.6 is 0 Å². The number of hydrogen-bond donors (Lipinski definition) is 1. The molecule has 2 aromatic rings. The second kappa shape index (κ2) is 4.98. The lowest BCUT2D eigenvalue weighted by molar-refractivity contribution is -0.159. The van der Waals surface area contributed by atoms with Crippen LogP contribution in [0.4, 0.5) is 18.9 Å². The fraction of sp³-hybridized carbons (Fsp3) is 0.278. The van der Waals surface area contributed by atoms with Crippen LogP contribution in [0.25, 0.3) is 0 Å². The van der Waals surface area contributed by atoms with Gasteiger partial charge >= 0.3 is 6.18 Å². The van der Waals surface area contributed by atoms with Gasteiger partial charge in [0.2, 0.25) is 0 Å². The lowest BCUT2D eigenvalue weighted by Gasteiger charge is -2.26. The first kappa shape index (κ1) is 16.0. The molecular formula is C18H15F3N2O2. The summed E-state index contributed by atoms with van der Waals surface area (Å²) < 4.78 is 46.4. The van der Waals surface area contributed by atoms with Crippen molar-refractivity contribution < 1.29 is 22.7 Å². The normalized spacial score (nSPS) is 24.6. The van der Waals surface area contributed by atoms with Gasteiger partial charge in [-0.25, -0.2) is 0 Å². The van der Waals surface area contributed by atoms with E-state index in [1.165, 1.54) is 18.1 Å². The number of methoxy groups -OCH3 is 1. The van der Waals surface area contributed by atoms with Gasteiger partial charge in [0.15, 0.2) is 5.54 Å². The van der Waals surface area contributed by atoms with E-state index in [0.29, 0.717) is 11.3 Å². The SMILES string of the molecule is COc1cccc2c1C(C(F)(F)F)NC21C(=O)N(C)c2ccccc21. The molecule has 0 fully saturated rings. The predicted octanol–water partition coefficient (Wildman–Crippen LogP) is 3.12. The standard InChI is InChI=1S/C18H15F3N2O2/c1-23-12-8-4-3-6-10(12)17(16(23)24)11-7-5-9-13(25-2)14(11)15(22-17)18(19,20)21/h3-9,15,22H,1-2H3. The molecule has 2 atom stereocenters. The van der Waals surface area contributed by atoms with Crippen LogP contribution < -0.4 is 15.0 Å². The average molecular weight is 348 g/mol. The molecule has 0 saturated heterocycles. The Labute approximate surface area is 142 Å². The Hall–Kier alpha value is -2.54. The van der Waals surface area contributed by atoms with Crippen LogP contribution in [0.1, 0.15) is 22.7 Å². The van der Waals surface area contributed by atoms with Crippen molar-refractivity contribution in [2.75, 3.05) is 19.1 Å². The van der Waals surface area contributed by atoms with Gasteiger partial charge in [0.05, 0.1) is 7.11 Å². The smallest absolute Gasteiger partial charge is 0.408 e. The molecule has 130 valence electrons. The molecule has 25 heavy (non-hydrogen) atoms. The monoisotopic (exact) mass is 348 g/mol. The number of amides is 1. The molecule has 0 bridgehead atoms. The largest absolute Gasteiger partial charge is 0.496 e. The fourth-order valence-electron chi connectivity index (χ4n) is 3.92. The van der Waals surface area contributed by atoms with Gasteiger partial charge in [0.25, 0.3) is 5.91 Å². The Kier molecular flexibility index (Phi) is 3.18. The molecule has 1 N–H and O–H groups in total. The molecule has 1 amide bonds. The molecule has 0 aliphatic carbocycles. The van der Waals surface area contributed by atoms with E-state index in [4.69, 9.17) is 4.74 Å². The molecule has 2 aliphatic heterocycles. The maximum Gasteiger partial charge on any atom is 0.408 e. The minimum atomic E-state index is -4.57. The third-order valence-electron chi connectivity index (χ3n) is 4.96. The van der Waals surface area contributed by atoms with E-state index in [1.54, 1.807) is 43.4 Å². The highest BCUT2D eigenvalue weighted by atomic mass is 19.4. The number of benzene rings is 2. The van der Waals surface area contributed by atoms with Gasteiger partial charge in [-0.15, -0.1) is 0 Å². The first-order chi connectivity index (χ1) is 11.8. The molecule has 0 aromatic heterocycles. The number of ether oxygens (including phenoxy) is 1. The molecule has 0 radical (unpaired) electrons. The summed E-state index contributed by atoms with van der Waals surface area (Å²) in [6.45, 7) is 0. The number of nitrogens with one attached hydrogen (secondary N) is 1. The number of rotatable bonds is 1. The fourth-order valence-corrected chi connectivity index (χ4v) is 3.92. The molecular weight excluding hydrogens is 333 g/mol. The molecule has 4 nitrogen and oxygen atoms in total. The van der Waals surface area contributed by atoms with Crippen molar-refractivity contribution in [2.45, 2.75) is 17.8 Å². The zero-order valence-electron chi connectivity index (χ0n) is 13.5. The number of hydrogen-bond acceptors (Lipinski definition) is 3. The third-order valence-corrected chi connectivity index (χ3v) is 4.96. The number of carbonyl (C=O) groups excluding carboxylic acids is 1. The van der Waals surface area contributed by atoms with Gasteiger partial charge in [0, 0.05) is 23.9 Å². The van der Waals surface area contributed by atoms with E-state index in [1.807, 2.05) is 0 Å². The van der Waals surface area contributed by atoms with E-state index in [-0.39, 0.29) is 16.9 Å². The van der Waals surface area contributed by atoms with E-state index < -0.39 is 23.7 Å². The minimum Gasteiger partial charge on any atom is -0.496 e. The molecule has 1 spiro atoms. The van der Waals surface area contributed by atoms with Crippen molar-refractivity contribution >= 4 is 11.6 Å². The van der Waals surface area contributed by atoms with Crippen molar-refractivity contribution in [3.8, 4) is 5.75 Å². The molecule has 7 heteroatoms. The van der Waals surface area contributed by atoms with Crippen molar-refractivity contribution in [1.82, 2.24) is 5.32 Å². The van der Waals surface area contributed by atoms with Gasteiger partial charge in [-0.1, -0.05) is 30.3 Å². The number of alkyl halides is 3. The van der Waals surface area contributed by atoms with Crippen LogP contribution in [-0.4, -0.2) is 26.2 Å². The maximum atomic E-state index is 13.7. The van der Waals surface area contributed by atoms with E-state index >= 15 is 0 Å². The summed E-state index contributed by atoms with van der Waals surface area (Å²) in [6.07, 6.45) is -4.57. The van der Waals surface area contributed by atoms with Crippen LogP contribution in [0.15, 0.2) is 42.5 Å². The highest BCUT2D eigenvalue weighted by Crippen LogP contribution is 2.55. The topological polar surface area (TPSA) is 41.6 Å². The summed E-state index contributed by atoms with van der Waals surface area (Å²) in [4.78, 5) is 14.5. The van der Waals surface area contributed by atoms with Crippen molar-refractivity contribution in [3.05, 3.63) is 59.2 Å². The zero-order valence-corrected chi connectivity index (χ0v) is 13.5. The molecule has 4 rings (SSSR count). The third kappa shape index (κ3) is 1.90. The molecule has 2 aliphatic rings. The van der Waals surface area contributed by atoms with Gasteiger partial charge in [-0.3, -0.25) is 10.1 Å². The first-order valence-corrected chi connectivity index (χ1v) is 7.72. The van der Waals surface area contributed by atoms with Crippen LogP contribution in [0.5, 0.6) is 5.75 Å². The molecule has 2 heterocycles. The van der Waals surface area contributed by atoms with Crippen molar-refractivity contribution in [2.24, 2.45) is 0 Å². The van der Waals surface area contributed by atoms with Gasteiger partial charge in [0.1, 0.15) is 11.8 Å². The number of carbonyl (C=O) groups is 1. The van der Waals surface area contributed by atoms with Crippen molar-refractivity contribution in [1.29, 1.82) is 0 Å². The summed E-state index contributed by atoms with van der Waals surface area (Å²) in [7, 11) is 2.89. The quantitative estimate of drug-likeness (QED) is 0.861. The van der Waals surface area contributed by atoms with Crippen LogP contribution in [0.2, 0.25) is 0 Å². The van der Waals surface area contributed by atoms with Crippen LogP contribution in [0.3, 0.4) is 0 Å². The number of anilines is 1. The zero-order chi connectivity index (χ0) is 18.0. The Morgan fingerprint density at radius 1 is 1.12 bits per heavy atom. The molecule has 2 unspecified atom stereocenters. The summed E-state index contributed by atoms with van der Waals surface area (Å²) >= 11 is 0. The summed E-state index contributed by atoms with van der Waals surface area (Å²) in [5.74, 6) is -0.320. The van der Waals surface area contributed by atoms with Crippen molar-refractivity contribution in [3.63, 3.8) is 0 Å². The Balaban J connectivity index is 2.06. The number of para-hydroxylation sites is 1. The van der Waals surface area contributed by atoms with Gasteiger partial charge in [-0.2, -0.15) is 13.2 Å². The van der Waals surface area contributed by atoms with Crippen LogP contribution in [0, 0.1) is 0 Å². The van der Waals surface area contributed by atoms with Gasteiger partial charge in [-0.05, 0) is 17.7 Å². The van der Waals surface area contributed by atoms with E-state index in [2.05, 4.69) is 5.32 Å². The Morgan fingerprint density at radius 3 is 2.48 bits per heavy atom. The highest BCUT2D eigenvalue weighted by Gasteiger charge is 2.62. The Bertz CT molecular complexity index is 881. The number of halogens is 3. The Morgan fingerprint density at radius 2 is 1.80 bits per heavy atom. The second-order valence-corrected chi connectivity index (χ2v) is 6.17. The first-order valence-electron chi connectivity index (χ1n) is 7.72. The molecule has 2 aromatic carbocycles. The summed E-state index contributed by atoms with van der Waals surface area (Å²) in [5.41, 5.74) is -0.192. The second-order valence-electron chi connectivity index (χ2n) is 6.17. The van der Waals surface area contributed by atoms with E-state index in [9.17, 15) is 18.0 Å². The predicted molar refractivity (Wildman–Crippen MR) is 85.6 cm³/mol. The number of nitrogens with zero attached hydrogens (tertiary/aromatic N) is 1. The molecule has 0 saturated carbocycles. The lowest BCUT2D eigenvalue weighted by atomic mass is 9.84. The minimum absolute atomic E-state index is 0.0315. The number of likely N-dealkylation sites (N-methyl/N-ethyl adjacent to an activating group) is 1. The van der Waals surface area contributed by atoms with Gasteiger partial charge < -0.3 is 9.64 Å². The maximum absolute atomic E-state index is 13.7. The summed E-state index contributed by atoms with van der Waals surface area (Å²) in [5, 5.41) is 2.59. The average Bonchev–Trinajstić information content (AvgIpc) is 3.06. The van der Waals surface area contributed by atoms with Crippen LogP contribution in [-0.2, 0) is 10.3 Å². The van der Waals surface area contributed by atoms with E-state index in [0.717, 1.165) is 0 Å².